The van der Waals surface area contributed by atoms with E-state index in [2.05, 4.69) is 31.1 Å². The number of hydrogen-bond donors (Lipinski definition) is 1. The summed E-state index contributed by atoms with van der Waals surface area (Å²) in [5, 5.41) is 3.56. The van der Waals surface area contributed by atoms with Gasteiger partial charge in [0, 0.05) is 12.6 Å². The summed E-state index contributed by atoms with van der Waals surface area (Å²) in [7, 11) is 3.66. The van der Waals surface area contributed by atoms with E-state index in [0.717, 1.165) is 25.2 Å². The van der Waals surface area contributed by atoms with Gasteiger partial charge in [0.05, 0.1) is 7.11 Å². The number of ether oxygens (including phenoxy) is 1. The number of nitrogens with one attached hydrogen (secondary N) is 1. The third kappa shape index (κ3) is 4.17. The van der Waals surface area contributed by atoms with E-state index in [4.69, 9.17) is 4.74 Å². The first-order valence-electron chi connectivity index (χ1n) is 7.69. The first-order valence-corrected chi connectivity index (χ1v) is 7.69. The third-order valence-corrected chi connectivity index (χ3v) is 4.71. The molecule has 1 aromatic rings. The summed E-state index contributed by atoms with van der Waals surface area (Å²) in [4.78, 5) is 2.38. The van der Waals surface area contributed by atoms with Gasteiger partial charge in [-0.05, 0) is 63.0 Å². The molecule has 0 amide bonds. The normalized spacial score (nSPS) is 20.2. The van der Waals surface area contributed by atoms with Crippen LogP contribution < -0.4 is 10.1 Å². The lowest BCUT2D eigenvalue weighted by Gasteiger charge is -2.38. The maximum absolute atomic E-state index is 13.8. The number of nitrogens with zero attached hydrogens (tertiary/aromatic N) is 1. The second-order valence-corrected chi connectivity index (χ2v) is 6.61. The molecule has 1 fully saturated rings. The van der Waals surface area contributed by atoms with Gasteiger partial charge in [-0.15, -0.1) is 0 Å². The Bertz CT molecular complexity index is 470. The molecule has 118 valence electrons. The second kappa shape index (κ2) is 6.75. The summed E-state index contributed by atoms with van der Waals surface area (Å²) >= 11 is 0. The molecule has 1 atom stereocenters. The van der Waals surface area contributed by atoms with Crippen LogP contribution in [0.15, 0.2) is 18.2 Å². The summed E-state index contributed by atoms with van der Waals surface area (Å²) in [6.45, 7) is 7.71. The van der Waals surface area contributed by atoms with Crippen LogP contribution >= 0.6 is 0 Å². The molecule has 0 spiro atoms. The Morgan fingerprint density at radius 2 is 2.05 bits per heavy atom. The molecule has 1 saturated heterocycles. The van der Waals surface area contributed by atoms with Gasteiger partial charge in [0.1, 0.15) is 0 Å². The Hall–Kier alpha value is -1.13. The number of methoxy groups -OCH3 is 1. The Labute approximate surface area is 127 Å². The van der Waals surface area contributed by atoms with Gasteiger partial charge >= 0.3 is 0 Å². The Balaban J connectivity index is 1.92. The van der Waals surface area contributed by atoms with Crippen molar-refractivity contribution in [1.82, 2.24) is 10.2 Å². The van der Waals surface area contributed by atoms with Crippen LogP contribution in [0.1, 0.15) is 38.3 Å². The van der Waals surface area contributed by atoms with Crippen molar-refractivity contribution in [2.24, 2.45) is 5.41 Å². The highest BCUT2D eigenvalue weighted by atomic mass is 19.1. The molecule has 0 aromatic heterocycles. The van der Waals surface area contributed by atoms with Crippen LogP contribution in [0.3, 0.4) is 0 Å². The number of piperidine rings is 1. The highest BCUT2D eigenvalue weighted by Gasteiger charge is 2.29. The van der Waals surface area contributed by atoms with Crippen molar-refractivity contribution < 1.29 is 9.13 Å². The van der Waals surface area contributed by atoms with E-state index >= 15 is 0 Å². The van der Waals surface area contributed by atoms with Crippen molar-refractivity contribution in [2.45, 2.75) is 32.7 Å². The van der Waals surface area contributed by atoms with Crippen LogP contribution in [0.4, 0.5) is 4.39 Å². The zero-order valence-corrected chi connectivity index (χ0v) is 13.6. The van der Waals surface area contributed by atoms with E-state index in [1.54, 1.807) is 12.1 Å². The summed E-state index contributed by atoms with van der Waals surface area (Å²) < 4.78 is 18.7. The number of hydrogen-bond acceptors (Lipinski definition) is 3. The topological polar surface area (TPSA) is 24.5 Å². The predicted molar refractivity (Wildman–Crippen MR) is 84.2 cm³/mol. The van der Waals surface area contributed by atoms with Crippen molar-refractivity contribution in [3.63, 3.8) is 0 Å². The van der Waals surface area contributed by atoms with E-state index in [0.29, 0.717) is 11.2 Å². The van der Waals surface area contributed by atoms with Gasteiger partial charge < -0.3 is 15.0 Å². The fraction of sp³-hybridized carbons (Fsp3) is 0.647. The minimum Gasteiger partial charge on any atom is -0.494 e. The van der Waals surface area contributed by atoms with Gasteiger partial charge in [-0.25, -0.2) is 4.39 Å². The molecule has 4 heteroatoms. The van der Waals surface area contributed by atoms with Gasteiger partial charge in [0.15, 0.2) is 11.6 Å². The quantitative estimate of drug-likeness (QED) is 0.902. The Kier molecular flexibility index (Phi) is 5.22. The summed E-state index contributed by atoms with van der Waals surface area (Å²) in [6, 6.07) is 5.33. The van der Waals surface area contributed by atoms with Crippen molar-refractivity contribution in [1.29, 1.82) is 0 Å². The van der Waals surface area contributed by atoms with Crippen molar-refractivity contribution >= 4 is 0 Å². The smallest absolute Gasteiger partial charge is 0.165 e. The summed E-state index contributed by atoms with van der Waals surface area (Å²) in [5.74, 6) is 0.00221. The maximum atomic E-state index is 13.8. The van der Waals surface area contributed by atoms with E-state index in [-0.39, 0.29) is 11.9 Å². The first kappa shape index (κ1) is 16.2. The molecule has 3 nitrogen and oxygen atoms in total. The maximum Gasteiger partial charge on any atom is 0.165 e. The number of rotatable bonds is 5. The molecule has 0 radical (unpaired) electrons. The molecule has 1 aliphatic rings. The van der Waals surface area contributed by atoms with Crippen LogP contribution in [0.25, 0.3) is 0 Å². The fourth-order valence-corrected chi connectivity index (χ4v) is 2.80. The molecular weight excluding hydrogens is 267 g/mol. The molecule has 1 unspecified atom stereocenters. The number of likely N-dealkylation sites (tertiary alicyclic amines) is 1. The summed E-state index contributed by atoms with van der Waals surface area (Å²) in [6.07, 6.45) is 2.42. The molecule has 1 aromatic carbocycles. The highest BCUT2D eigenvalue weighted by molar-refractivity contribution is 5.30. The zero-order chi connectivity index (χ0) is 15.5. The molecule has 2 rings (SSSR count). The average molecular weight is 294 g/mol. The van der Waals surface area contributed by atoms with E-state index in [9.17, 15) is 4.39 Å². The van der Waals surface area contributed by atoms with E-state index < -0.39 is 0 Å². The lowest BCUT2D eigenvalue weighted by atomic mass is 9.80. The molecule has 0 bridgehead atoms. The predicted octanol–water partition coefficient (Wildman–Crippen LogP) is 3.22. The Morgan fingerprint density at radius 1 is 1.38 bits per heavy atom. The number of halogens is 1. The van der Waals surface area contributed by atoms with Crippen molar-refractivity contribution in [2.75, 3.05) is 33.8 Å². The van der Waals surface area contributed by atoms with Crippen molar-refractivity contribution in [3.05, 3.63) is 29.6 Å². The van der Waals surface area contributed by atoms with Crippen LogP contribution in [-0.2, 0) is 0 Å². The minimum absolute atomic E-state index is 0.141. The Morgan fingerprint density at radius 3 is 2.62 bits per heavy atom. The standard InChI is InChI=1S/C17H27FN2O/c1-13(14-5-6-16(21-4)15(18)11-14)19-12-17(2)7-9-20(3)10-8-17/h5-6,11,13,19H,7-10,12H2,1-4H3. The molecule has 1 heterocycles. The van der Waals surface area contributed by atoms with Gasteiger partial charge in [-0.1, -0.05) is 13.0 Å². The molecule has 0 saturated carbocycles. The van der Waals surface area contributed by atoms with Crippen LogP contribution in [0.5, 0.6) is 5.75 Å². The van der Waals surface area contributed by atoms with Gasteiger partial charge in [-0.3, -0.25) is 0 Å². The van der Waals surface area contributed by atoms with E-state index in [1.165, 1.54) is 20.0 Å². The van der Waals surface area contributed by atoms with Gasteiger partial charge in [-0.2, -0.15) is 0 Å². The average Bonchev–Trinajstić information content (AvgIpc) is 2.48. The van der Waals surface area contributed by atoms with Gasteiger partial charge in [0.25, 0.3) is 0 Å². The van der Waals surface area contributed by atoms with Crippen LogP contribution in [-0.4, -0.2) is 38.7 Å². The van der Waals surface area contributed by atoms with Crippen LogP contribution in [0, 0.1) is 11.2 Å². The fourth-order valence-electron chi connectivity index (χ4n) is 2.80. The first-order chi connectivity index (χ1) is 9.93. The molecule has 1 N–H and O–H groups in total. The third-order valence-electron chi connectivity index (χ3n) is 4.71. The lowest BCUT2D eigenvalue weighted by molar-refractivity contribution is 0.134. The van der Waals surface area contributed by atoms with Crippen molar-refractivity contribution in [3.8, 4) is 5.75 Å². The zero-order valence-electron chi connectivity index (χ0n) is 13.6. The molecule has 21 heavy (non-hydrogen) atoms. The summed E-state index contributed by atoms with van der Waals surface area (Å²) in [5.41, 5.74) is 1.30. The second-order valence-electron chi connectivity index (χ2n) is 6.61. The van der Waals surface area contributed by atoms with E-state index in [1.807, 2.05) is 6.07 Å². The number of benzene rings is 1. The molecule has 0 aliphatic carbocycles. The molecule has 1 aliphatic heterocycles. The molecular formula is C17H27FN2O. The monoisotopic (exact) mass is 294 g/mol. The highest BCUT2D eigenvalue weighted by Crippen LogP contribution is 2.30. The minimum atomic E-state index is -0.297. The lowest BCUT2D eigenvalue weighted by Crippen LogP contribution is -2.42. The van der Waals surface area contributed by atoms with Crippen LogP contribution in [0.2, 0.25) is 0 Å². The van der Waals surface area contributed by atoms with Gasteiger partial charge in [0.2, 0.25) is 0 Å². The largest absolute Gasteiger partial charge is 0.494 e. The SMILES string of the molecule is COc1ccc(C(C)NCC2(C)CCN(C)CC2)cc1F.